The fraction of sp³-hybridized carbons (Fsp3) is 0.227. The maximum atomic E-state index is 12.2. The first-order chi connectivity index (χ1) is 14.0. The molecule has 0 saturated heterocycles. The molecule has 0 atom stereocenters. The van der Waals surface area contributed by atoms with Crippen LogP contribution >= 0.6 is 11.3 Å². The topological polar surface area (TPSA) is 91.3 Å². The monoisotopic (exact) mass is 409 g/mol. The van der Waals surface area contributed by atoms with Crippen molar-refractivity contribution in [3.05, 3.63) is 65.0 Å². The van der Waals surface area contributed by atoms with Crippen LogP contribution in [0.4, 0.5) is 5.13 Å². The zero-order valence-corrected chi connectivity index (χ0v) is 17.0. The molecule has 150 valence electrons. The number of carbonyl (C=O) groups excluding carboxylic acids is 2. The summed E-state index contributed by atoms with van der Waals surface area (Å²) in [6, 6.07) is 14.7. The van der Waals surface area contributed by atoms with Crippen LogP contribution in [0.15, 0.2) is 53.9 Å². The lowest BCUT2D eigenvalue weighted by molar-refractivity contribution is -0.119. The quantitative estimate of drug-likeness (QED) is 0.494. The number of nitrogens with zero attached hydrogens (tertiary/aromatic N) is 1. The summed E-state index contributed by atoms with van der Waals surface area (Å²) in [5, 5.41) is 17.4. The molecule has 7 heteroatoms. The number of aromatic nitrogens is 1. The van der Waals surface area contributed by atoms with Crippen molar-refractivity contribution in [3.8, 4) is 17.0 Å². The van der Waals surface area contributed by atoms with Gasteiger partial charge in [0.05, 0.1) is 12.1 Å². The first kappa shape index (κ1) is 20.5. The fourth-order valence-corrected chi connectivity index (χ4v) is 3.56. The molecule has 3 rings (SSSR count). The lowest BCUT2D eigenvalue weighted by atomic mass is 10.1. The van der Waals surface area contributed by atoms with Crippen molar-refractivity contribution in [2.24, 2.45) is 0 Å². The zero-order valence-electron chi connectivity index (χ0n) is 16.1. The molecule has 1 heterocycles. The number of carbonyl (C=O) groups is 2. The van der Waals surface area contributed by atoms with Crippen LogP contribution in [-0.2, 0) is 22.4 Å². The molecule has 0 fully saturated rings. The average molecular weight is 410 g/mol. The third-order valence-corrected chi connectivity index (χ3v) is 5.08. The van der Waals surface area contributed by atoms with E-state index in [1.165, 1.54) is 23.8 Å². The van der Waals surface area contributed by atoms with Gasteiger partial charge in [0.15, 0.2) is 5.13 Å². The van der Waals surface area contributed by atoms with Crippen LogP contribution in [0.25, 0.3) is 11.3 Å². The van der Waals surface area contributed by atoms with E-state index in [-0.39, 0.29) is 24.0 Å². The van der Waals surface area contributed by atoms with E-state index in [4.69, 9.17) is 0 Å². The molecule has 1 aromatic heterocycles. The molecule has 6 nitrogen and oxygen atoms in total. The van der Waals surface area contributed by atoms with Gasteiger partial charge < -0.3 is 15.7 Å². The second kappa shape index (κ2) is 9.84. The standard InChI is InChI=1S/C22H23N3O3S/c1-15(26)23-12-2-3-16-4-8-18(9-5-16)20-14-29-22(24-20)25-21(28)13-17-6-10-19(27)11-7-17/h4-11,14,27H,2-3,12-13H2,1H3,(H,23,26)(H,24,25,28). The highest BCUT2D eigenvalue weighted by molar-refractivity contribution is 7.14. The summed E-state index contributed by atoms with van der Waals surface area (Å²) in [6.45, 7) is 2.20. The molecule has 0 aliphatic rings. The maximum Gasteiger partial charge on any atom is 0.230 e. The van der Waals surface area contributed by atoms with Crippen molar-refractivity contribution < 1.29 is 14.7 Å². The Hall–Kier alpha value is -3.19. The molecule has 0 aliphatic heterocycles. The predicted molar refractivity (Wildman–Crippen MR) is 115 cm³/mol. The Morgan fingerprint density at radius 1 is 1.03 bits per heavy atom. The van der Waals surface area contributed by atoms with Crippen molar-refractivity contribution in [1.29, 1.82) is 0 Å². The van der Waals surface area contributed by atoms with Gasteiger partial charge >= 0.3 is 0 Å². The van der Waals surface area contributed by atoms with E-state index >= 15 is 0 Å². The first-order valence-corrected chi connectivity index (χ1v) is 10.2. The number of nitrogens with one attached hydrogen (secondary N) is 2. The Labute approximate surface area is 173 Å². The van der Waals surface area contributed by atoms with E-state index in [2.05, 4.69) is 27.8 Å². The van der Waals surface area contributed by atoms with Gasteiger partial charge in [0.1, 0.15) is 5.75 Å². The van der Waals surface area contributed by atoms with Crippen LogP contribution in [0.5, 0.6) is 5.75 Å². The van der Waals surface area contributed by atoms with Gasteiger partial charge in [0.2, 0.25) is 11.8 Å². The summed E-state index contributed by atoms with van der Waals surface area (Å²) in [6.07, 6.45) is 2.02. The molecule has 0 saturated carbocycles. The number of benzene rings is 2. The number of phenols is 1. The van der Waals surface area contributed by atoms with Gasteiger partial charge in [-0.3, -0.25) is 9.59 Å². The smallest absolute Gasteiger partial charge is 0.230 e. The van der Waals surface area contributed by atoms with Crippen molar-refractivity contribution in [2.45, 2.75) is 26.2 Å². The third-order valence-electron chi connectivity index (χ3n) is 4.32. The molecule has 29 heavy (non-hydrogen) atoms. The van der Waals surface area contributed by atoms with Gasteiger partial charge in [0, 0.05) is 24.4 Å². The summed E-state index contributed by atoms with van der Waals surface area (Å²) in [5.74, 6) is 0.0263. The van der Waals surface area contributed by atoms with E-state index < -0.39 is 0 Å². The molecule has 0 radical (unpaired) electrons. The summed E-state index contributed by atoms with van der Waals surface area (Å²) < 4.78 is 0. The van der Waals surface area contributed by atoms with E-state index in [0.717, 1.165) is 29.7 Å². The van der Waals surface area contributed by atoms with Crippen LogP contribution in [0, 0.1) is 0 Å². The van der Waals surface area contributed by atoms with Gasteiger partial charge in [-0.25, -0.2) is 4.98 Å². The Morgan fingerprint density at radius 2 is 1.72 bits per heavy atom. The SMILES string of the molecule is CC(=O)NCCCc1ccc(-c2csc(NC(=O)Cc3ccc(O)cc3)n2)cc1. The van der Waals surface area contributed by atoms with Gasteiger partial charge in [-0.05, 0) is 36.1 Å². The molecule has 2 amide bonds. The van der Waals surface area contributed by atoms with Crippen LogP contribution in [-0.4, -0.2) is 28.4 Å². The third kappa shape index (κ3) is 6.43. The molecule has 0 aliphatic carbocycles. The summed E-state index contributed by atoms with van der Waals surface area (Å²) >= 11 is 1.39. The van der Waals surface area contributed by atoms with Crippen molar-refractivity contribution in [1.82, 2.24) is 10.3 Å². The summed E-state index contributed by atoms with van der Waals surface area (Å²) in [5.41, 5.74) is 3.84. The van der Waals surface area contributed by atoms with Crippen molar-refractivity contribution in [2.75, 3.05) is 11.9 Å². The lowest BCUT2D eigenvalue weighted by Gasteiger charge is -2.04. The maximum absolute atomic E-state index is 12.2. The van der Waals surface area contributed by atoms with Gasteiger partial charge in [-0.15, -0.1) is 11.3 Å². The number of hydrogen-bond acceptors (Lipinski definition) is 5. The highest BCUT2D eigenvalue weighted by Crippen LogP contribution is 2.25. The number of hydrogen-bond donors (Lipinski definition) is 3. The number of aryl methyl sites for hydroxylation is 1. The van der Waals surface area contributed by atoms with Gasteiger partial charge in [-0.2, -0.15) is 0 Å². The molecule has 0 bridgehead atoms. The van der Waals surface area contributed by atoms with Crippen molar-refractivity contribution >= 4 is 28.3 Å². The van der Waals surface area contributed by atoms with Crippen molar-refractivity contribution in [3.63, 3.8) is 0 Å². The molecule has 2 aromatic carbocycles. The number of anilines is 1. The Kier molecular flexibility index (Phi) is 6.97. The van der Waals surface area contributed by atoms with E-state index in [1.807, 2.05) is 17.5 Å². The molecular weight excluding hydrogens is 386 g/mol. The lowest BCUT2D eigenvalue weighted by Crippen LogP contribution is -2.21. The molecule has 0 spiro atoms. The summed E-state index contributed by atoms with van der Waals surface area (Å²) in [4.78, 5) is 27.6. The molecular formula is C22H23N3O3S. The van der Waals surface area contributed by atoms with Gasteiger partial charge in [0.25, 0.3) is 0 Å². The van der Waals surface area contributed by atoms with E-state index in [0.29, 0.717) is 11.7 Å². The Balaban J connectivity index is 1.53. The number of aromatic hydroxyl groups is 1. The second-order valence-electron chi connectivity index (χ2n) is 6.71. The Bertz CT molecular complexity index is 966. The highest BCUT2D eigenvalue weighted by Gasteiger charge is 2.09. The normalized spacial score (nSPS) is 10.5. The average Bonchev–Trinajstić information content (AvgIpc) is 3.15. The number of phenolic OH excluding ortho intramolecular Hbond substituents is 1. The fourth-order valence-electron chi connectivity index (χ4n) is 2.83. The second-order valence-corrected chi connectivity index (χ2v) is 7.57. The van der Waals surface area contributed by atoms with E-state index in [9.17, 15) is 14.7 Å². The minimum Gasteiger partial charge on any atom is -0.508 e. The van der Waals surface area contributed by atoms with Gasteiger partial charge in [-0.1, -0.05) is 36.4 Å². The number of amides is 2. The largest absolute Gasteiger partial charge is 0.508 e. The first-order valence-electron chi connectivity index (χ1n) is 9.36. The minimum absolute atomic E-state index is 0.00478. The summed E-state index contributed by atoms with van der Waals surface area (Å²) in [7, 11) is 0. The van der Waals surface area contributed by atoms with Crippen LogP contribution < -0.4 is 10.6 Å². The Morgan fingerprint density at radius 3 is 2.41 bits per heavy atom. The zero-order chi connectivity index (χ0) is 20.6. The number of thiazole rings is 1. The molecule has 0 unspecified atom stereocenters. The van der Waals surface area contributed by atoms with Crippen LogP contribution in [0.3, 0.4) is 0 Å². The molecule has 3 aromatic rings. The number of rotatable bonds is 8. The van der Waals surface area contributed by atoms with Crippen LogP contribution in [0.2, 0.25) is 0 Å². The van der Waals surface area contributed by atoms with E-state index in [1.54, 1.807) is 24.3 Å². The highest BCUT2D eigenvalue weighted by atomic mass is 32.1. The molecule has 3 N–H and O–H groups in total. The predicted octanol–water partition coefficient (Wildman–Crippen LogP) is 3.77. The van der Waals surface area contributed by atoms with Crippen LogP contribution in [0.1, 0.15) is 24.5 Å². The minimum atomic E-state index is -0.147.